The molecular formula is C25H32N2O2. The Morgan fingerprint density at radius 2 is 1.72 bits per heavy atom. The van der Waals surface area contributed by atoms with Crippen LogP contribution < -0.4 is 9.64 Å². The molecule has 1 saturated heterocycles. The fourth-order valence-electron chi connectivity index (χ4n) is 3.59. The van der Waals surface area contributed by atoms with Crippen molar-refractivity contribution in [3.8, 4) is 5.75 Å². The number of carbonyl (C=O) groups excluding carboxylic acids is 1. The maximum Gasteiger partial charge on any atom is 0.189 e. The highest BCUT2D eigenvalue weighted by atomic mass is 16.5. The molecule has 4 heteroatoms. The van der Waals surface area contributed by atoms with Crippen molar-refractivity contribution in [3.05, 3.63) is 65.2 Å². The number of methoxy groups -OCH3 is 1. The third kappa shape index (κ3) is 5.07. The Kier molecular flexibility index (Phi) is 6.43. The first kappa shape index (κ1) is 21.1. The second-order valence-electron chi connectivity index (χ2n) is 8.71. The van der Waals surface area contributed by atoms with Crippen molar-refractivity contribution in [1.82, 2.24) is 4.90 Å². The summed E-state index contributed by atoms with van der Waals surface area (Å²) in [5.74, 6) is 0.570. The molecule has 4 nitrogen and oxygen atoms in total. The first-order chi connectivity index (χ1) is 13.8. The van der Waals surface area contributed by atoms with Gasteiger partial charge in [-0.2, -0.15) is 0 Å². The van der Waals surface area contributed by atoms with Gasteiger partial charge in [0.15, 0.2) is 5.78 Å². The van der Waals surface area contributed by atoms with Gasteiger partial charge < -0.3 is 14.5 Å². The van der Waals surface area contributed by atoms with E-state index in [0.717, 1.165) is 37.3 Å². The fraction of sp³-hybridized carbons (Fsp3) is 0.400. The molecule has 0 saturated carbocycles. The lowest BCUT2D eigenvalue weighted by molar-refractivity contribution is 0.104. The third-order valence-electron chi connectivity index (χ3n) is 5.53. The molecule has 154 valence electrons. The number of ether oxygens (including phenoxy) is 1. The van der Waals surface area contributed by atoms with E-state index in [9.17, 15) is 4.79 Å². The number of ketones is 1. The summed E-state index contributed by atoms with van der Waals surface area (Å²) >= 11 is 0. The number of hydrogen-bond donors (Lipinski definition) is 0. The average Bonchev–Trinajstić information content (AvgIpc) is 2.71. The SMILES string of the molecule is COc1ccc(C(C)(C)C)cc1C(=O)/C=C/c1ccccc1N1CCN(C)CC1. The van der Waals surface area contributed by atoms with Crippen molar-refractivity contribution in [3.63, 3.8) is 0 Å². The Hall–Kier alpha value is -2.59. The lowest BCUT2D eigenvalue weighted by atomic mass is 9.85. The Bertz CT molecular complexity index is 888. The quantitative estimate of drug-likeness (QED) is 0.548. The minimum Gasteiger partial charge on any atom is -0.496 e. The van der Waals surface area contributed by atoms with Gasteiger partial charge in [0.1, 0.15) is 5.75 Å². The Balaban J connectivity index is 1.87. The minimum absolute atomic E-state index is 0.0287. The van der Waals surface area contributed by atoms with Crippen LogP contribution in [0.25, 0.3) is 6.08 Å². The van der Waals surface area contributed by atoms with Crippen LogP contribution in [0.4, 0.5) is 5.69 Å². The average molecular weight is 393 g/mol. The first-order valence-corrected chi connectivity index (χ1v) is 10.2. The zero-order chi connectivity index (χ0) is 21.0. The lowest BCUT2D eigenvalue weighted by Gasteiger charge is -2.34. The second kappa shape index (κ2) is 8.83. The Labute approximate surface area is 174 Å². The van der Waals surface area contributed by atoms with Crippen LogP contribution in [-0.4, -0.2) is 51.0 Å². The van der Waals surface area contributed by atoms with Gasteiger partial charge in [-0.1, -0.05) is 45.0 Å². The van der Waals surface area contributed by atoms with Gasteiger partial charge in [0.2, 0.25) is 0 Å². The first-order valence-electron chi connectivity index (χ1n) is 10.2. The number of benzene rings is 2. The molecule has 2 aromatic carbocycles. The summed E-state index contributed by atoms with van der Waals surface area (Å²) in [4.78, 5) is 17.8. The largest absolute Gasteiger partial charge is 0.496 e. The zero-order valence-corrected chi connectivity index (χ0v) is 18.2. The van der Waals surface area contributed by atoms with Crippen molar-refractivity contribution in [1.29, 1.82) is 0 Å². The van der Waals surface area contributed by atoms with Crippen molar-refractivity contribution >= 4 is 17.5 Å². The summed E-state index contributed by atoms with van der Waals surface area (Å²) in [6.07, 6.45) is 3.60. The van der Waals surface area contributed by atoms with Crippen LogP contribution in [0.3, 0.4) is 0 Å². The molecule has 0 radical (unpaired) electrons. The van der Waals surface area contributed by atoms with Gasteiger partial charge in [-0.15, -0.1) is 0 Å². The van der Waals surface area contributed by atoms with Gasteiger partial charge in [-0.05, 0) is 53.9 Å². The second-order valence-corrected chi connectivity index (χ2v) is 8.71. The topological polar surface area (TPSA) is 32.8 Å². The van der Waals surface area contributed by atoms with Crippen LogP contribution in [0.5, 0.6) is 5.75 Å². The zero-order valence-electron chi connectivity index (χ0n) is 18.2. The van der Waals surface area contributed by atoms with Crippen LogP contribution in [0, 0.1) is 0 Å². The van der Waals surface area contributed by atoms with E-state index in [2.05, 4.69) is 55.8 Å². The number of likely N-dealkylation sites (N-methyl/N-ethyl adjacent to an activating group) is 1. The van der Waals surface area contributed by atoms with E-state index in [1.807, 2.05) is 30.3 Å². The summed E-state index contributed by atoms with van der Waals surface area (Å²) < 4.78 is 5.45. The number of carbonyl (C=O) groups is 1. The van der Waals surface area contributed by atoms with E-state index >= 15 is 0 Å². The molecule has 2 aromatic rings. The fourth-order valence-corrected chi connectivity index (χ4v) is 3.59. The highest BCUT2D eigenvalue weighted by Gasteiger charge is 2.19. The summed E-state index contributed by atoms with van der Waals surface area (Å²) in [7, 11) is 3.76. The standard InChI is InChI=1S/C25H32N2O2/c1-25(2,3)20-11-13-24(29-5)21(18-20)23(28)12-10-19-8-6-7-9-22(19)27-16-14-26(4)15-17-27/h6-13,18H,14-17H2,1-5H3/b12-10+. The Morgan fingerprint density at radius 1 is 1.03 bits per heavy atom. The van der Waals surface area contributed by atoms with Crippen LogP contribution in [0.2, 0.25) is 0 Å². The molecule has 0 bridgehead atoms. The van der Waals surface area contributed by atoms with Crippen LogP contribution >= 0.6 is 0 Å². The van der Waals surface area contributed by atoms with Crippen LogP contribution in [-0.2, 0) is 5.41 Å². The van der Waals surface area contributed by atoms with E-state index in [4.69, 9.17) is 4.74 Å². The summed E-state index contributed by atoms with van der Waals surface area (Å²) in [5, 5.41) is 0. The van der Waals surface area contributed by atoms with Crippen LogP contribution in [0.15, 0.2) is 48.5 Å². The van der Waals surface area contributed by atoms with Gasteiger partial charge in [-0.3, -0.25) is 4.79 Å². The van der Waals surface area contributed by atoms with Gasteiger partial charge >= 0.3 is 0 Å². The molecule has 3 rings (SSSR count). The predicted molar refractivity (Wildman–Crippen MR) is 121 cm³/mol. The molecule has 1 fully saturated rings. The highest BCUT2D eigenvalue weighted by molar-refractivity contribution is 6.09. The van der Waals surface area contributed by atoms with Gasteiger partial charge in [-0.25, -0.2) is 0 Å². The molecule has 0 N–H and O–H groups in total. The van der Waals surface area contributed by atoms with E-state index in [1.165, 1.54) is 5.69 Å². The van der Waals surface area contributed by atoms with Gasteiger partial charge in [0, 0.05) is 31.9 Å². The summed E-state index contributed by atoms with van der Waals surface area (Å²) in [6, 6.07) is 14.2. The van der Waals surface area contributed by atoms with Gasteiger partial charge in [0.25, 0.3) is 0 Å². The molecular weight excluding hydrogens is 360 g/mol. The lowest BCUT2D eigenvalue weighted by Crippen LogP contribution is -2.44. The maximum absolute atomic E-state index is 13.0. The predicted octanol–water partition coefficient (Wildman–Crippen LogP) is 4.64. The number of piperazine rings is 1. The molecule has 0 spiro atoms. The summed E-state index contributed by atoms with van der Waals surface area (Å²) in [6.45, 7) is 10.5. The normalized spacial score (nSPS) is 15.7. The molecule has 0 aliphatic carbocycles. The Morgan fingerprint density at radius 3 is 2.38 bits per heavy atom. The molecule has 0 amide bonds. The molecule has 1 aliphatic heterocycles. The number of rotatable bonds is 5. The van der Waals surface area contributed by atoms with Crippen molar-refractivity contribution in [2.24, 2.45) is 0 Å². The van der Waals surface area contributed by atoms with Gasteiger partial charge in [0.05, 0.1) is 12.7 Å². The smallest absolute Gasteiger partial charge is 0.189 e. The van der Waals surface area contributed by atoms with E-state index in [0.29, 0.717) is 11.3 Å². The summed E-state index contributed by atoms with van der Waals surface area (Å²) in [5.41, 5.74) is 3.94. The van der Waals surface area contributed by atoms with E-state index in [1.54, 1.807) is 13.2 Å². The molecule has 0 aromatic heterocycles. The van der Waals surface area contributed by atoms with Crippen molar-refractivity contribution < 1.29 is 9.53 Å². The molecule has 0 unspecified atom stereocenters. The molecule has 1 aliphatic rings. The third-order valence-corrected chi connectivity index (χ3v) is 5.53. The van der Waals surface area contributed by atoms with E-state index < -0.39 is 0 Å². The van der Waals surface area contributed by atoms with Crippen LogP contribution in [0.1, 0.15) is 42.3 Å². The highest BCUT2D eigenvalue weighted by Crippen LogP contribution is 2.29. The molecule has 0 atom stereocenters. The number of allylic oxidation sites excluding steroid dienone is 1. The number of anilines is 1. The minimum atomic E-state index is -0.0406. The van der Waals surface area contributed by atoms with E-state index in [-0.39, 0.29) is 11.2 Å². The molecule has 29 heavy (non-hydrogen) atoms. The number of para-hydroxylation sites is 1. The monoisotopic (exact) mass is 392 g/mol. The van der Waals surface area contributed by atoms with Crippen molar-refractivity contribution in [2.75, 3.05) is 45.2 Å². The molecule has 1 heterocycles. The number of nitrogens with zero attached hydrogens (tertiary/aromatic N) is 2. The maximum atomic E-state index is 13.0. The van der Waals surface area contributed by atoms with Crippen molar-refractivity contribution in [2.45, 2.75) is 26.2 Å². The number of hydrogen-bond acceptors (Lipinski definition) is 4.